The molecule has 0 aromatic heterocycles. The number of halogens is 2. The molecule has 2 heterocycles. The number of benzene rings is 2. The zero-order chi connectivity index (χ0) is 21.5. The fourth-order valence-corrected chi connectivity index (χ4v) is 4.22. The summed E-state index contributed by atoms with van der Waals surface area (Å²) < 4.78 is 24.8. The predicted molar refractivity (Wildman–Crippen MR) is 135 cm³/mol. The molecule has 2 aromatic rings. The van der Waals surface area contributed by atoms with Gasteiger partial charge in [-0.25, -0.2) is 4.39 Å². The third kappa shape index (κ3) is 6.79. The summed E-state index contributed by atoms with van der Waals surface area (Å²) in [6.07, 6.45) is 2.81. The lowest BCUT2D eigenvalue weighted by Gasteiger charge is -2.33. The van der Waals surface area contributed by atoms with Gasteiger partial charge in [-0.1, -0.05) is 30.3 Å². The van der Waals surface area contributed by atoms with Crippen LogP contribution in [0, 0.1) is 5.82 Å². The van der Waals surface area contributed by atoms with Crippen LogP contribution in [0.5, 0.6) is 5.75 Å². The minimum atomic E-state index is -0.257. The first-order chi connectivity index (χ1) is 15.2. The molecule has 2 aliphatic rings. The largest absolute Gasteiger partial charge is 0.467 e. The van der Waals surface area contributed by atoms with E-state index in [0.29, 0.717) is 25.6 Å². The quantitative estimate of drug-likeness (QED) is 0.324. The van der Waals surface area contributed by atoms with Gasteiger partial charge in [0.25, 0.3) is 0 Å². The number of rotatable bonds is 6. The Balaban J connectivity index is 0.00000289. The van der Waals surface area contributed by atoms with Crippen molar-refractivity contribution in [1.82, 2.24) is 15.5 Å². The van der Waals surface area contributed by atoms with Crippen molar-refractivity contribution in [3.63, 3.8) is 0 Å². The van der Waals surface area contributed by atoms with Crippen LogP contribution in [-0.2, 0) is 24.3 Å². The molecule has 0 atom stereocenters. The van der Waals surface area contributed by atoms with E-state index in [0.717, 1.165) is 55.3 Å². The molecule has 1 fully saturated rings. The molecular formula is C24H32FIN4O2. The molecular weight excluding hydrogens is 522 g/mol. The van der Waals surface area contributed by atoms with Gasteiger partial charge in [0.1, 0.15) is 11.6 Å². The van der Waals surface area contributed by atoms with Crippen LogP contribution in [0.3, 0.4) is 0 Å². The maximum Gasteiger partial charge on any atom is 0.191 e. The van der Waals surface area contributed by atoms with Crippen molar-refractivity contribution in [3.8, 4) is 5.75 Å². The summed E-state index contributed by atoms with van der Waals surface area (Å²) in [4.78, 5) is 6.86. The van der Waals surface area contributed by atoms with Crippen molar-refractivity contribution in [2.24, 2.45) is 4.99 Å². The van der Waals surface area contributed by atoms with Crippen molar-refractivity contribution in [1.29, 1.82) is 0 Å². The van der Waals surface area contributed by atoms with E-state index in [1.807, 2.05) is 0 Å². The fourth-order valence-electron chi connectivity index (χ4n) is 4.22. The number of nitrogens with zero attached hydrogens (tertiary/aromatic N) is 2. The summed E-state index contributed by atoms with van der Waals surface area (Å²) in [5.74, 6) is 1.28. The molecule has 0 bridgehead atoms. The van der Waals surface area contributed by atoms with E-state index in [-0.39, 0.29) is 36.6 Å². The number of piperidine rings is 1. The third-order valence-corrected chi connectivity index (χ3v) is 5.84. The second kappa shape index (κ2) is 12.4. The Hall–Kier alpha value is -1.91. The van der Waals surface area contributed by atoms with E-state index in [2.05, 4.69) is 50.9 Å². The lowest BCUT2D eigenvalue weighted by Crippen LogP contribution is -2.48. The van der Waals surface area contributed by atoms with Crippen molar-refractivity contribution in [2.75, 3.05) is 33.5 Å². The normalized spacial score (nSPS) is 17.1. The summed E-state index contributed by atoms with van der Waals surface area (Å²) in [6, 6.07) is 14.1. The second-order valence-corrected chi connectivity index (χ2v) is 8.09. The number of ether oxygens (including phenoxy) is 2. The van der Waals surface area contributed by atoms with Gasteiger partial charge in [0, 0.05) is 44.8 Å². The average molecular weight is 554 g/mol. The number of guanidine groups is 1. The Labute approximate surface area is 206 Å². The Kier molecular flexibility index (Phi) is 9.55. The second-order valence-electron chi connectivity index (χ2n) is 8.09. The van der Waals surface area contributed by atoms with Gasteiger partial charge in [0.05, 0.1) is 6.61 Å². The van der Waals surface area contributed by atoms with Crippen molar-refractivity contribution in [2.45, 2.75) is 38.5 Å². The van der Waals surface area contributed by atoms with Crippen LogP contribution in [-0.4, -0.2) is 50.4 Å². The molecule has 1 saturated heterocycles. The average Bonchev–Trinajstić information content (AvgIpc) is 2.80. The van der Waals surface area contributed by atoms with Gasteiger partial charge in [-0.3, -0.25) is 9.89 Å². The van der Waals surface area contributed by atoms with E-state index in [4.69, 9.17) is 9.47 Å². The van der Waals surface area contributed by atoms with Gasteiger partial charge in [-0.05, 0) is 42.5 Å². The minimum Gasteiger partial charge on any atom is -0.467 e. The fraction of sp³-hybridized carbons (Fsp3) is 0.458. The Bertz CT molecular complexity index is 889. The molecule has 8 heteroatoms. The lowest BCUT2D eigenvalue weighted by atomic mass is 10.0. The van der Waals surface area contributed by atoms with Crippen LogP contribution in [0.1, 0.15) is 29.5 Å². The summed E-state index contributed by atoms with van der Waals surface area (Å²) in [7, 11) is 1.78. The van der Waals surface area contributed by atoms with Gasteiger partial charge in [-0.2, -0.15) is 0 Å². The molecule has 174 valence electrons. The third-order valence-electron chi connectivity index (χ3n) is 5.84. The number of hydrogen-bond donors (Lipinski definition) is 2. The molecule has 0 saturated carbocycles. The molecule has 4 rings (SSSR count). The Morgan fingerprint density at radius 2 is 1.97 bits per heavy atom. The Morgan fingerprint density at radius 1 is 1.19 bits per heavy atom. The van der Waals surface area contributed by atoms with E-state index >= 15 is 0 Å². The van der Waals surface area contributed by atoms with Gasteiger partial charge in [-0.15, -0.1) is 24.0 Å². The topological polar surface area (TPSA) is 58.1 Å². The Morgan fingerprint density at radius 3 is 2.72 bits per heavy atom. The zero-order valence-corrected chi connectivity index (χ0v) is 20.8. The summed E-state index contributed by atoms with van der Waals surface area (Å²) >= 11 is 0. The number of likely N-dealkylation sites (tertiary alicyclic amines) is 1. The minimum absolute atomic E-state index is 0. The van der Waals surface area contributed by atoms with Crippen LogP contribution in [0.4, 0.5) is 4.39 Å². The van der Waals surface area contributed by atoms with Crippen LogP contribution in [0.2, 0.25) is 0 Å². The van der Waals surface area contributed by atoms with Crippen LogP contribution >= 0.6 is 24.0 Å². The number of hydrogen-bond acceptors (Lipinski definition) is 4. The SMILES string of the molecule is CN=C(NCCc1cc(F)cc2c1OCOC2)NC1CCN(Cc2ccccc2)CC1.I. The first-order valence-electron chi connectivity index (χ1n) is 11.0. The van der Waals surface area contributed by atoms with E-state index < -0.39 is 0 Å². The van der Waals surface area contributed by atoms with Crippen molar-refractivity contribution < 1.29 is 13.9 Å². The van der Waals surface area contributed by atoms with Gasteiger partial charge >= 0.3 is 0 Å². The summed E-state index contributed by atoms with van der Waals surface area (Å²) in [5, 5.41) is 6.90. The van der Waals surface area contributed by atoms with Crippen molar-refractivity contribution in [3.05, 3.63) is 65.0 Å². The highest BCUT2D eigenvalue weighted by Crippen LogP contribution is 2.29. The summed E-state index contributed by atoms with van der Waals surface area (Å²) in [5.41, 5.74) is 2.99. The molecule has 32 heavy (non-hydrogen) atoms. The van der Waals surface area contributed by atoms with E-state index in [1.54, 1.807) is 13.1 Å². The highest BCUT2D eigenvalue weighted by Gasteiger charge is 2.20. The van der Waals surface area contributed by atoms with Gasteiger partial charge in [0.15, 0.2) is 12.8 Å². The van der Waals surface area contributed by atoms with E-state index in [9.17, 15) is 4.39 Å². The predicted octanol–water partition coefficient (Wildman–Crippen LogP) is 3.68. The summed E-state index contributed by atoms with van der Waals surface area (Å²) in [6.45, 7) is 4.39. The van der Waals surface area contributed by atoms with Crippen LogP contribution in [0.25, 0.3) is 0 Å². The molecule has 2 aliphatic heterocycles. The molecule has 2 aromatic carbocycles. The van der Waals surface area contributed by atoms with Crippen LogP contribution in [0.15, 0.2) is 47.5 Å². The number of fused-ring (bicyclic) bond motifs is 1. The number of nitrogens with one attached hydrogen (secondary N) is 2. The highest BCUT2D eigenvalue weighted by atomic mass is 127. The van der Waals surface area contributed by atoms with Gasteiger partial charge < -0.3 is 20.1 Å². The lowest BCUT2D eigenvalue weighted by molar-refractivity contribution is -0.0172. The molecule has 6 nitrogen and oxygen atoms in total. The van der Waals surface area contributed by atoms with Gasteiger partial charge in [0.2, 0.25) is 0 Å². The molecule has 0 unspecified atom stereocenters. The molecule has 0 spiro atoms. The zero-order valence-electron chi connectivity index (χ0n) is 18.5. The highest BCUT2D eigenvalue weighted by molar-refractivity contribution is 14.0. The first-order valence-corrected chi connectivity index (χ1v) is 11.0. The first kappa shape index (κ1) is 24.7. The number of aliphatic imine (C=N–C) groups is 1. The van der Waals surface area contributed by atoms with Crippen LogP contribution < -0.4 is 15.4 Å². The maximum atomic E-state index is 13.9. The molecule has 0 radical (unpaired) electrons. The molecule has 0 amide bonds. The smallest absolute Gasteiger partial charge is 0.191 e. The van der Waals surface area contributed by atoms with Crippen molar-refractivity contribution >= 4 is 29.9 Å². The standard InChI is InChI=1S/C24H31FN4O2.HI/c1-26-24(27-10-7-19-13-21(25)14-20-16-30-17-31-23(19)20)28-22-8-11-29(12-9-22)15-18-5-3-2-4-6-18;/h2-6,13-14,22H,7-12,15-17H2,1H3,(H2,26,27,28);1H. The monoisotopic (exact) mass is 554 g/mol. The molecule has 2 N–H and O–H groups in total. The van der Waals surface area contributed by atoms with E-state index in [1.165, 1.54) is 11.6 Å². The maximum absolute atomic E-state index is 13.9. The molecule has 0 aliphatic carbocycles.